The average Bonchev–Trinajstić information content (AvgIpc) is 3.07. The molecule has 2 amide bonds. The number of nitro groups is 1. The summed E-state index contributed by atoms with van der Waals surface area (Å²) in [5, 5.41) is 15.6. The van der Waals surface area contributed by atoms with Crippen LogP contribution in [0.3, 0.4) is 0 Å². The van der Waals surface area contributed by atoms with Crippen molar-refractivity contribution >= 4 is 45.8 Å². The van der Waals surface area contributed by atoms with Gasteiger partial charge in [0, 0.05) is 19.2 Å². The Bertz CT molecular complexity index is 1030. The van der Waals surface area contributed by atoms with Gasteiger partial charge in [0.15, 0.2) is 6.61 Å². The molecule has 12 heteroatoms. The van der Waals surface area contributed by atoms with E-state index in [0.29, 0.717) is 5.56 Å². The van der Waals surface area contributed by atoms with Crippen LogP contribution in [0.25, 0.3) is 0 Å². The normalized spacial score (nSPS) is 10.2. The summed E-state index contributed by atoms with van der Waals surface area (Å²) in [6, 6.07) is 4.68. The van der Waals surface area contributed by atoms with E-state index in [-0.39, 0.29) is 33.3 Å². The molecule has 0 bridgehead atoms. The molecule has 0 aliphatic rings. The zero-order valence-corrected chi connectivity index (χ0v) is 17.7. The number of carbonyl (C=O) groups excluding carboxylic acids is 4. The first kappa shape index (κ1) is 23.5. The van der Waals surface area contributed by atoms with Crippen LogP contribution in [0.5, 0.6) is 0 Å². The standard InChI is InChI=1S/C19H19N3O8S/c1-4-29-19(26)14-10(2)15(16(24)20-3)31-17(14)21-13(23)9-30-18(25)11-5-7-12(8-6-11)22(27)28/h5-8H,4,9H2,1-3H3,(H,20,24)(H,21,23). The van der Waals surface area contributed by atoms with Crippen LogP contribution in [-0.2, 0) is 14.3 Å². The van der Waals surface area contributed by atoms with Crippen molar-refractivity contribution in [2.75, 3.05) is 25.6 Å². The number of nitrogens with zero attached hydrogens (tertiary/aromatic N) is 1. The second kappa shape index (κ2) is 10.3. The highest BCUT2D eigenvalue weighted by Gasteiger charge is 2.26. The van der Waals surface area contributed by atoms with Gasteiger partial charge in [0.25, 0.3) is 17.5 Å². The smallest absolute Gasteiger partial charge is 0.341 e. The Morgan fingerprint density at radius 1 is 1.10 bits per heavy atom. The Kier molecular flexibility index (Phi) is 7.80. The molecule has 0 aliphatic carbocycles. The Morgan fingerprint density at radius 3 is 2.29 bits per heavy atom. The summed E-state index contributed by atoms with van der Waals surface area (Å²) in [6.45, 7) is 2.60. The quantitative estimate of drug-likeness (QED) is 0.353. The summed E-state index contributed by atoms with van der Waals surface area (Å²) < 4.78 is 9.90. The summed E-state index contributed by atoms with van der Waals surface area (Å²) in [7, 11) is 1.43. The van der Waals surface area contributed by atoms with Crippen molar-refractivity contribution in [3.05, 3.63) is 55.9 Å². The highest BCUT2D eigenvalue weighted by Crippen LogP contribution is 2.33. The first-order valence-electron chi connectivity index (χ1n) is 8.93. The summed E-state index contributed by atoms with van der Waals surface area (Å²) in [6.07, 6.45) is 0. The fourth-order valence-corrected chi connectivity index (χ4v) is 3.63. The summed E-state index contributed by atoms with van der Waals surface area (Å²) >= 11 is 0.887. The van der Waals surface area contributed by atoms with E-state index in [1.807, 2.05) is 0 Å². The van der Waals surface area contributed by atoms with E-state index in [0.717, 1.165) is 23.5 Å². The third-order valence-corrected chi connectivity index (χ3v) is 5.17. The molecule has 31 heavy (non-hydrogen) atoms. The molecule has 0 unspecified atom stereocenters. The lowest BCUT2D eigenvalue weighted by molar-refractivity contribution is -0.384. The van der Waals surface area contributed by atoms with E-state index in [1.54, 1.807) is 13.8 Å². The maximum absolute atomic E-state index is 12.3. The summed E-state index contributed by atoms with van der Waals surface area (Å²) in [4.78, 5) is 58.9. The summed E-state index contributed by atoms with van der Waals surface area (Å²) in [5.41, 5.74) is 0.224. The van der Waals surface area contributed by atoms with E-state index in [4.69, 9.17) is 9.47 Å². The lowest BCUT2D eigenvalue weighted by Gasteiger charge is -2.08. The lowest BCUT2D eigenvalue weighted by atomic mass is 10.1. The number of nitro benzene ring substituents is 1. The monoisotopic (exact) mass is 449 g/mol. The van der Waals surface area contributed by atoms with Gasteiger partial charge in [-0.3, -0.25) is 19.7 Å². The number of thiophene rings is 1. The van der Waals surface area contributed by atoms with Crippen molar-refractivity contribution in [1.29, 1.82) is 0 Å². The molecule has 1 aromatic heterocycles. The predicted octanol–water partition coefficient (Wildman–Crippen LogP) is 2.30. The van der Waals surface area contributed by atoms with Gasteiger partial charge < -0.3 is 20.1 Å². The van der Waals surface area contributed by atoms with Crippen molar-refractivity contribution < 1.29 is 33.6 Å². The Morgan fingerprint density at radius 2 is 1.74 bits per heavy atom. The fourth-order valence-electron chi connectivity index (χ4n) is 2.48. The molecule has 0 saturated heterocycles. The van der Waals surface area contributed by atoms with Gasteiger partial charge in [-0.05, 0) is 31.5 Å². The number of amides is 2. The van der Waals surface area contributed by atoms with Crippen molar-refractivity contribution in [3.63, 3.8) is 0 Å². The van der Waals surface area contributed by atoms with Crippen molar-refractivity contribution in [1.82, 2.24) is 5.32 Å². The minimum absolute atomic E-state index is 0.0273. The molecule has 0 saturated carbocycles. The molecule has 11 nitrogen and oxygen atoms in total. The number of non-ortho nitro benzene ring substituents is 1. The molecular weight excluding hydrogens is 430 g/mol. The number of nitrogens with one attached hydrogen (secondary N) is 2. The van der Waals surface area contributed by atoms with E-state index in [1.165, 1.54) is 19.2 Å². The molecule has 1 heterocycles. The number of esters is 2. The number of carbonyl (C=O) groups is 4. The van der Waals surface area contributed by atoms with Crippen LogP contribution in [0, 0.1) is 17.0 Å². The van der Waals surface area contributed by atoms with Gasteiger partial charge >= 0.3 is 11.9 Å². The molecule has 0 fully saturated rings. The fraction of sp³-hybridized carbons (Fsp3) is 0.263. The van der Waals surface area contributed by atoms with Crippen molar-refractivity contribution in [3.8, 4) is 0 Å². The van der Waals surface area contributed by atoms with E-state index < -0.39 is 35.3 Å². The largest absolute Gasteiger partial charge is 0.462 e. The highest BCUT2D eigenvalue weighted by atomic mass is 32.1. The van der Waals surface area contributed by atoms with Gasteiger partial charge in [0.05, 0.1) is 27.5 Å². The molecule has 164 valence electrons. The zero-order chi connectivity index (χ0) is 23.1. The molecular formula is C19H19N3O8S. The van der Waals surface area contributed by atoms with Crippen LogP contribution in [0.2, 0.25) is 0 Å². The Balaban J connectivity index is 2.11. The van der Waals surface area contributed by atoms with Crippen molar-refractivity contribution in [2.24, 2.45) is 0 Å². The first-order chi connectivity index (χ1) is 14.7. The van der Waals surface area contributed by atoms with Gasteiger partial charge in [-0.15, -0.1) is 11.3 Å². The Hall–Kier alpha value is -3.80. The number of rotatable bonds is 8. The van der Waals surface area contributed by atoms with E-state index in [9.17, 15) is 29.3 Å². The van der Waals surface area contributed by atoms with Gasteiger partial charge in [0.2, 0.25) is 0 Å². The average molecular weight is 449 g/mol. The highest BCUT2D eigenvalue weighted by molar-refractivity contribution is 7.18. The van der Waals surface area contributed by atoms with Gasteiger partial charge in [-0.25, -0.2) is 9.59 Å². The third kappa shape index (κ3) is 5.63. The van der Waals surface area contributed by atoms with Crippen LogP contribution in [0.15, 0.2) is 24.3 Å². The van der Waals surface area contributed by atoms with Crippen LogP contribution in [0.1, 0.15) is 42.9 Å². The molecule has 0 atom stereocenters. The third-order valence-electron chi connectivity index (χ3n) is 3.96. The predicted molar refractivity (Wildman–Crippen MR) is 110 cm³/mol. The van der Waals surface area contributed by atoms with Crippen LogP contribution in [0.4, 0.5) is 10.7 Å². The first-order valence-corrected chi connectivity index (χ1v) is 9.75. The van der Waals surface area contributed by atoms with Gasteiger partial charge in [-0.1, -0.05) is 0 Å². The number of anilines is 1. The topological polar surface area (TPSA) is 154 Å². The van der Waals surface area contributed by atoms with Crippen LogP contribution >= 0.6 is 11.3 Å². The van der Waals surface area contributed by atoms with Gasteiger partial charge in [-0.2, -0.15) is 0 Å². The molecule has 2 N–H and O–H groups in total. The second-order valence-electron chi connectivity index (χ2n) is 5.99. The SMILES string of the molecule is CCOC(=O)c1c(NC(=O)COC(=O)c2ccc([N+](=O)[O-])cc2)sc(C(=O)NC)c1C. The minimum Gasteiger partial charge on any atom is -0.462 e. The maximum Gasteiger partial charge on any atom is 0.341 e. The van der Waals surface area contributed by atoms with Gasteiger partial charge in [0.1, 0.15) is 5.00 Å². The maximum atomic E-state index is 12.3. The van der Waals surface area contributed by atoms with E-state index >= 15 is 0 Å². The molecule has 2 rings (SSSR count). The molecule has 1 aromatic carbocycles. The summed E-state index contributed by atoms with van der Waals surface area (Å²) in [5.74, 6) is -2.74. The Labute approximate surface area is 180 Å². The van der Waals surface area contributed by atoms with Crippen molar-refractivity contribution in [2.45, 2.75) is 13.8 Å². The minimum atomic E-state index is -0.857. The molecule has 2 aromatic rings. The zero-order valence-electron chi connectivity index (χ0n) is 16.8. The second-order valence-corrected chi connectivity index (χ2v) is 7.01. The lowest BCUT2D eigenvalue weighted by Crippen LogP contribution is -2.21. The number of hydrogen-bond donors (Lipinski definition) is 2. The molecule has 0 spiro atoms. The number of benzene rings is 1. The van der Waals surface area contributed by atoms with E-state index in [2.05, 4.69) is 10.6 Å². The molecule has 0 radical (unpaired) electrons. The molecule has 0 aliphatic heterocycles. The number of ether oxygens (including phenoxy) is 2. The van der Waals surface area contributed by atoms with Crippen LogP contribution < -0.4 is 10.6 Å². The number of hydrogen-bond acceptors (Lipinski definition) is 9. The van der Waals surface area contributed by atoms with Crippen LogP contribution in [-0.4, -0.2) is 48.9 Å².